The van der Waals surface area contributed by atoms with Gasteiger partial charge in [-0.2, -0.15) is 0 Å². The average Bonchev–Trinajstić information content (AvgIpc) is 2.34. The summed E-state index contributed by atoms with van der Waals surface area (Å²) < 4.78 is 0. The van der Waals surface area contributed by atoms with Gasteiger partial charge in [0.2, 0.25) is 0 Å². The van der Waals surface area contributed by atoms with E-state index in [-0.39, 0.29) is 0 Å². The van der Waals surface area contributed by atoms with Gasteiger partial charge < -0.3 is 11.1 Å². The highest BCUT2D eigenvalue weighted by molar-refractivity contribution is 5.54. The first-order valence-electron chi connectivity index (χ1n) is 5.82. The van der Waals surface area contributed by atoms with E-state index in [9.17, 15) is 0 Å². The van der Waals surface area contributed by atoms with E-state index in [1.165, 1.54) is 0 Å². The zero-order valence-corrected chi connectivity index (χ0v) is 10.9. The Labute approximate surface area is 106 Å². The van der Waals surface area contributed by atoms with Crippen LogP contribution >= 0.6 is 0 Å². The number of anilines is 2. The van der Waals surface area contributed by atoms with Gasteiger partial charge in [0, 0.05) is 24.0 Å². The molecule has 0 saturated carbocycles. The molecule has 0 aliphatic rings. The third kappa shape index (κ3) is 2.74. The van der Waals surface area contributed by atoms with Crippen LogP contribution in [0.4, 0.5) is 11.6 Å². The van der Waals surface area contributed by atoms with Crippen LogP contribution in [-0.4, -0.2) is 15.0 Å². The Bertz CT molecular complexity index is 548. The molecule has 0 aromatic carbocycles. The van der Waals surface area contributed by atoms with Crippen molar-refractivity contribution < 1.29 is 0 Å². The predicted octanol–water partition coefficient (Wildman–Crippen LogP) is 1.99. The third-order valence-corrected chi connectivity index (χ3v) is 2.73. The van der Waals surface area contributed by atoms with Gasteiger partial charge in [-0.05, 0) is 32.4 Å². The lowest BCUT2D eigenvalue weighted by atomic mass is 10.2. The van der Waals surface area contributed by atoms with Crippen molar-refractivity contribution in [2.75, 3.05) is 11.1 Å². The highest BCUT2D eigenvalue weighted by Gasteiger charge is 2.06. The van der Waals surface area contributed by atoms with Gasteiger partial charge in [-0.1, -0.05) is 6.07 Å². The van der Waals surface area contributed by atoms with E-state index in [2.05, 4.69) is 20.3 Å². The predicted molar refractivity (Wildman–Crippen MR) is 72.2 cm³/mol. The number of hydrogen-bond acceptors (Lipinski definition) is 5. The van der Waals surface area contributed by atoms with Crippen molar-refractivity contribution in [3.8, 4) is 0 Å². The van der Waals surface area contributed by atoms with Crippen LogP contribution in [-0.2, 0) is 6.54 Å². The van der Waals surface area contributed by atoms with Gasteiger partial charge in [-0.25, -0.2) is 9.97 Å². The summed E-state index contributed by atoms with van der Waals surface area (Å²) in [6, 6.07) is 4.03. The fourth-order valence-electron chi connectivity index (χ4n) is 1.61. The Morgan fingerprint density at radius 1 is 1.17 bits per heavy atom. The Kier molecular flexibility index (Phi) is 3.41. The number of rotatable bonds is 3. The van der Waals surface area contributed by atoms with E-state index in [1.54, 1.807) is 0 Å². The number of nitrogens with zero attached hydrogens (tertiary/aromatic N) is 3. The summed E-state index contributed by atoms with van der Waals surface area (Å²) in [5, 5.41) is 3.26. The van der Waals surface area contributed by atoms with Crippen molar-refractivity contribution >= 4 is 11.6 Å². The maximum Gasteiger partial charge on any atom is 0.135 e. The molecule has 0 bridgehead atoms. The molecular weight excluding hydrogens is 226 g/mol. The summed E-state index contributed by atoms with van der Waals surface area (Å²) in [5.74, 6) is 1.97. The van der Waals surface area contributed by atoms with Crippen LogP contribution in [0.25, 0.3) is 0 Å². The second-order valence-corrected chi connectivity index (χ2v) is 4.29. The summed E-state index contributed by atoms with van der Waals surface area (Å²) in [6.07, 6.45) is 1.86. The summed E-state index contributed by atoms with van der Waals surface area (Å²) in [5.41, 5.74) is 8.80. The molecule has 2 rings (SSSR count). The Balaban J connectivity index is 2.13. The molecule has 3 N–H and O–H groups in total. The standard InChI is InChI=1S/C13H17N5/c1-8-4-5-11(6-15-8)7-16-13-9(2)12(14)17-10(3)18-13/h4-6H,7H2,1-3H3,(H3,14,16,17,18). The summed E-state index contributed by atoms with van der Waals surface area (Å²) in [7, 11) is 0. The lowest BCUT2D eigenvalue weighted by Crippen LogP contribution is -2.08. The molecule has 0 saturated heterocycles. The number of hydrogen-bond donors (Lipinski definition) is 2. The van der Waals surface area contributed by atoms with Gasteiger partial charge in [0.25, 0.3) is 0 Å². The molecule has 5 heteroatoms. The highest BCUT2D eigenvalue weighted by Crippen LogP contribution is 2.17. The van der Waals surface area contributed by atoms with Gasteiger partial charge in [-0.3, -0.25) is 4.98 Å². The number of nitrogens with one attached hydrogen (secondary N) is 1. The van der Waals surface area contributed by atoms with Crippen molar-refractivity contribution in [1.82, 2.24) is 15.0 Å². The van der Waals surface area contributed by atoms with Crippen LogP contribution in [0.15, 0.2) is 18.3 Å². The first kappa shape index (κ1) is 12.3. The molecule has 2 heterocycles. The lowest BCUT2D eigenvalue weighted by Gasteiger charge is -2.10. The number of nitrogen functional groups attached to an aromatic ring is 1. The SMILES string of the molecule is Cc1ccc(CNc2nc(C)nc(N)c2C)cn1. The molecule has 0 amide bonds. The van der Waals surface area contributed by atoms with Crippen LogP contribution < -0.4 is 11.1 Å². The molecule has 2 aromatic rings. The normalized spacial score (nSPS) is 10.4. The van der Waals surface area contributed by atoms with Crippen molar-refractivity contribution in [1.29, 1.82) is 0 Å². The molecule has 94 valence electrons. The molecule has 0 unspecified atom stereocenters. The van der Waals surface area contributed by atoms with E-state index in [0.717, 1.165) is 22.6 Å². The Morgan fingerprint density at radius 3 is 2.61 bits per heavy atom. The quantitative estimate of drug-likeness (QED) is 0.862. The second-order valence-electron chi connectivity index (χ2n) is 4.29. The molecule has 18 heavy (non-hydrogen) atoms. The molecule has 0 atom stereocenters. The van der Waals surface area contributed by atoms with E-state index in [4.69, 9.17) is 5.73 Å². The summed E-state index contributed by atoms with van der Waals surface area (Å²) in [6.45, 7) is 6.37. The largest absolute Gasteiger partial charge is 0.383 e. The fraction of sp³-hybridized carbons (Fsp3) is 0.308. The van der Waals surface area contributed by atoms with Crippen LogP contribution in [0.5, 0.6) is 0 Å². The summed E-state index contributed by atoms with van der Waals surface area (Å²) in [4.78, 5) is 12.7. The molecule has 5 nitrogen and oxygen atoms in total. The molecule has 0 spiro atoms. The van der Waals surface area contributed by atoms with Gasteiger partial charge in [-0.15, -0.1) is 0 Å². The van der Waals surface area contributed by atoms with E-state index in [1.807, 2.05) is 39.1 Å². The van der Waals surface area contributed by atoms with Gasteiger partial charge in [0.1, 0.15) is 17.5 Å². The number of pyridine rings is 1. The first-order chi connectivity index (χ1) is 8.56. The molecule has 0 fully saturated rings. The zero-order valence-electron chi connectivity index (χ0n) is 10.9. The Morgan fingerprint density at radius 2 is 1.94 bits per heavy atom. The average molecular weight is 243 g/mol. The van der Waals surface area contributed by atoms with Crippen LogP contribution in [0.1, 0.15) is 22.6 Å². The topological polar surface area (TPSA) is 76.7 Å². The first-order valence-corrected chi connectivity index (χ1v) is 5.82. The van der Waals surface area contributed by atoms with Crippen LogP contribution in [0.3, 0.4) is 0 Å². The fourth-order valence-corrected chi connectivity index (χ4v) is 1.61. The van der Waals surface area contributed by atoms with Crippen LogP contribution in [0, 0.1) is 20.8 Å². The van der Waals surface area contributed by atoms with Gasteiger partial charge in [0.15, 0.2) is 0 Å². The van der Waals surface area contributed by atoms with Crippen molar-refractivity contribution in [2.24, 2.45) is 0 Å². The minimum absolute atomic E-state index is 0.520. The molecular formula is C13H17N5. The number of aryl methyl sites for hydroxylation is 2. The van der Waals surface area contributed by atoms with Gasteiger partial charge >= 0.3 is 0 Å². The van der Waals surface area contributed by atoms with E-state index in [0.29, 0.717) is 18.2 Å². The maximum absolute atomic E-state index is 5.81. The van der Waals surface area contributed by atoms with E-state index >= 15 is 0 Å². The third-order valence-electron chi connectivity index (χ3n) is 2.73. The molecule has 0 aliphatic carbocycles. The van der Waals surface area contributed by atoms with Crippen molar-refractivity contribution in [3.63, 3.8) is 0 Å². The second kappa shape index (κ2) is 5.00. The highest BCUT2D eigenvalue weighted by atomic mass is 15.1. The monoisotopic (exact) mass is 243 g/mol. The van der Waals surface area contributed by atoms with Crippen molar-refractivity contribution in [2.45, 2.75) is 27.3 Å². The maximum atomic E-state index is 5.81. The smallest absolute Gasteiger partial charge is 0.135 e. The van der Waals surface area contributed by atoms with E-state index < -0.39 is 0 Å². The minimum atomic E-state index is 0.520. The molecule has 0 aliphatic heterocycles. The minimum Gasteiger partial charge on any atom is -0.383 e. The number of nitrogens with two attached hydrogens (primary N) is 1. The lowest BCUT2D eigenvalue weighted by molar-refractivity contribution is 1.00. The molecule has 0 radical (unpaired) electrons. The summed E-state index contributed by atoms with van der Waals surface area (Å²) >= 11 is 0. The number of aromatic nitrogens is 3. The van der Waals surface area contributed by atoms with Crippen molar-refractivity contribution in [3.05, 3.63) is 41.0 Å². The zero-order chi connectivity index (χ0) is 13.1. The van der Waals surface area contributed by atoms with Gasteiger partial charge in [0.05, 0.1) is 0 Å². The molecule has 2 aromatic heterocycles. The Hall–Kier alpha value is -2.17. The van der Waals surface area contributed by atoms with Crippen LogP contribution in [0.2, 0.25) is 0 Å².